The van der Waals surface area contributed by atoms with Gasteiger partial charge in [0.2, 0.25) is 0 Å². The van der Waals surface area contributed by atoms with E-state index in [0.717, 1.165) is 0 Å². The van der Waals surface area contributed by atoms with Gasteiger partial charge >= 0.3 is 0 Å². The van der Waals surface area contributed by atoms with Crippen molar-refractivity contribution in [2.75, 3.05) is 14.2 Å². The summed E-state index contributed by atoms with van der Waals surface area (Å²) in [6.07, 6.45) is 0.677. The molecule has 0 radical (unpaired) electrons. The topological polar surface area (TPSA) is 78.7 Å². The Kier molecular flexibility index (Phi) is 4.18. The summed E-state index contributed by atoms with van der Waals surface area (Å²) in [6, 6.07) is 9.24. The van der Waals surface area contributed by atoms with E-state index < -0.39 is 4.92 Å². The molecular formula is C15H13NO5. The number of hydrogen-bond acceptors (Lipinski definition) is 5. The molecule has 0 aliphatic rings. The first-order chi connectivity index (χ1) is 10.1. The maximum Gasteiger partial charge on any atom is 0.270 e. The van der Waals surface area contributed by atoms with Crippen molar-refractivity contribution in [1.82, 2.24) is 0 Å². The summed E-state index contributed by atoms with van der Waals surface area (Å²) >= 11 is 0. The molecule has 0 atom stereocenters. The monoisotopic (exact) mass is 287 g/mol. The molecule has 0 aliphatic carbocycles. The molecule has 0 bridgehead atoms. The van der Waals surface area contributed by atoms with E-state index in [1.807, 2.05) is 0 Å². The van der Waals surface area contributed by atoms with E-state index >= 15 is 0 Å². The average molecular weight is 287 g/mol. The van der Waals surface area contributed by atoms with Gasteiger partial charge in [-0.25, -0.2) is 0 Å². The summed E-state index contributed by atoms with van der Waals surface area (Å²) in [4.78, 5) is 21.6. The number of rotatable bonds is 5. The van der Waals surface area contributed by atoms with E-state index in [1.165, 1.54) is 26.4 Å². The Hall–Kier alpha value is -2.89. The Morgan fingerprint density at radius 1 is 1.10 bits per heavy atom. The van der Waals surface area contributed by atoms with Crippen LogP contribution >= 0.6 is 0 Å². The van der Waals surface area contributed by atoms with E-state index in [9.17, 15) is 14.9 Å². The van der Waals surface area contributed by atoms with Crippen LogP contribution in [0.25, 0.3) is 11.1 Å². The first kappa shape index (κ1) is 14.5. The SMILES string of the molecule is COc1cc(C=O)c(-c2cccc([N+](=O)[O-])c2)cc1OC. The number of carbonyl (C=O) groups is 1. The summed E-state index contributed by atoms with van der Waals surface area (Å²) in [7, 11) is 2.95. The Morgan fingerprint density at radius 3 is 2.33 bits per heavy atom. The van der Waals surface area contributed by atoms with Gasteiger partial charge in [-0.3, -0.25) is 14.9 Å². The van der Waals surface area contributed by atoms with Gasteiger partial charge in [0.1, 0.15) is 0 Å². The van der Waals surface area contributed by atoms with Crippen molar-refractivity contribution in [2.45, 2.75) is 0 Å². The Morgan fingerprint density at radius 2 is 1.76 bits per heavy atom. The zero-order valence-corrected chi connectivity index (χ0v) is 11.5. The third kappa shape index (κ3) is 2.84. The summed E-state index contributed by atoms with van der Waals surface area (Å²) in [6.45, 7) is 0. The molecule has 0 aromatic heterocycles. The summed E-state index contributed by atoms with van der Waals surface area (Å²) < 4.78 is 10.3. The minimum absolute atomic E-state index is 0.0425. The van der Waals surface area contributed by atoms with Gasteiger partial charge in [-0.2, -0.15) is 0 Å². The second-order valence-corrected chi connectivity index (χ2v) is 4.22. The molecule has 0 N–H and O–H groups in total. The van der Waals surface area contributed by atoms with Crippen molar-refractivity contribution in [3.05, 3.63) is 52.1 Å². The van der Waals surface area contributed by atoms with Gasteiger partial charge in [0.25, 0.3) is 5.69 Å². The molecule has 0 unspecified atom stereocenters. The lowest BCUT2D eigenvalue weighted by molar-refractivity contribution is -0.384. The largest absolute Gasteiger partial charge is 0.493 e. The van der Waals surface area contributed by atoms with Crippen molar-refractivity contribution in [2.24, 2.45) is 0 Å². The molecule has 6 nitrogen and oxygen atoms in total. The van der Waals surface area contributed by atoms with Crippen LogP contribution in [0.2, 0.25) is 0 Å². The molecule has 2 aromatic rings. The lowest BCUT2D eigenvalue weighted by atomic mass is 9.99. The lowest BCUT2D eigenvalue weighted by Crippen LogP contribution is -1.96. The lowest BCUT2D eigenvalue weighted by Gasteiger charge is -2.12. The zero-order chi connectivity index (χ0) is 15.4. The third-order valence-corrected chi connectivity index (χ3v) is 3.05. The Balaban J connectivity index is 2.64. The maximum atomic E-state index is 11.3. The highest BCUT2D eigenvalue weighted by Gasteiger charge is 2.14. The number of aldehydes is 1. The third-order valence-electron chi connectivity index (χ3n) is 3.05. The van der Waals surface area contributed by atoms with Crippen molar-refractivity contribution in [3.63, 3.8) is 0 Å². The number of carbonyl (C=O) groups excluding carboxylic acids is 1. The fourth-order valence-corrected chi connectivity index (χ4v) is 2.03. The highest BCUT2D eigenvalue weighted by atomic mass is 16.6. The quantitative estimate of drug-likeness (QED) is 0.479. The van der Waals surface area contributed by atoms with Crippen LogP contribution in [0.5, 0.6) is 11.5 Å². The Labute approximate surface area is 121 Å². The predicted octanol–water partition coefficient (Wildman–Crippen LogP) is 3.09. The standard InChI is InChI=1S/C15H13NO5/c1-20-14-7-11(9-17)13(8-15(14)21-2)10-4-3-5-12(6-10)16(18)19/h3-9H,1-2H3. The van der Waals surface area contributed by atoms with E-state index in [4.69, 9.17) is 9.47 Å². The molecule has 0 heterocycles. The highest BCUT2D eigenvalue weighted by Crippen LogP contribution is 2.35. The number of nitrogens with zero attached hydrogens (tertiary/aromatic N) is 1. The number of nitro groups is 1. The van der Waals surface area contributed by atoms with Gasteiger partial charge in [0.05, 0.1) is 19.1 Å². The Bertz CT molecular complexity index is 696. The van der Waals surface area contributed by atoms with E-state index in [-0.39, 0.29) is 5.69 Å². The molecule has 108 valence electrons. The number of hydrogen-bond donors (Lipinski definition) is 0. The van der Waals surface area contributed by atoms with Crippen LogP contribution in [-0.2, 0) is 0 Å². The molecule has 0 saturated carbocycles. The fourth-order valence-electron chi connectivity index (χ4n) is 2.03. The van der Waals surface area contributed by atoms with Crippen LogP contribution in [0.15, 0.2) is 36.4 Å². The molecular weight excluding hydrogens is 274 g/mol. The van der Waals surface area contributed by atoms with E-state index in [1.54, 1.807) is 24.3 Å². The molecule has 0 saturated heterocycles. The van der Waals surface area contributed by atoms with E-state index in [2.05, 4.69) is 0 Å². The first-order valence-electron chi connectivity index (χ1n) is 6.06. The van der Waals surface area contributed by atoms with Gasteiger partial charge in [0, 0.05) is 17.7 Å². The van der Waals surface area contributed by atoms with Gasteiger partial charge < -0.3 is 9.47 Å². The number of methoxy groups -OCH3 is 2. The van der Waals surface area contributed by atoms with Crippen LogP contribution in [0.4, 0.5) is 5.69 Å². The minimum Gasteiger partial charge on any atom is -0.493 e. The number of benzene rings is 2. The van der Waals surface area contributed by atoms with Crippen LogP contribution < -0.4 is 9.47 Å². The van der Waals surface area contributed by atoms with Crippen LogP contribution in [0.3, 0.4) is 0 Å². The minimum atomic E-state index is -0.481. The van der Waals surface area contributed by atoms with Crippen LogP contribution in [0, 0.1) is 10.1 Å². The van der Waals surface area contributed by atoms with E-state index in [0.29, 0.717) is 34.5 Å². The molecule has 2 rings (SSSR count). The van der Waals surface area contributed by atoms with Crippen LogP contribution in [-0.4, -0.2) is 25.4 Å². The average Bonchev–Trinajstić information content (AvgIpc) is 2.53. The molecule has 0 fully saturated rings. The number of non-ortho nitro benzene ring substituents is 1. The van der Waals surface area contributed by atoms with Crippen molar-refractivity contribution >= 4 is 12.0 Å². The van der Waals surface area contributed by atoms with Gasteiger partial charge in [-0.05, 0) is 23.3 Å². The fraction of sp³-hybridized carbons (Fsp3) is 0.133. The second kappa shape index (κ2) is 6.04. The molecule has 0 amide bonds. The highest BCUT2D eigenvalue weighted by molar-refractivity contribution is 5.89. The summed E-state index contributed by atoms with van der Waals surface area (Å²) in [5.74, 6) is 0.874. The van der Waals surface area contributed by atoms with Crippen molar-refractivity contribution in [3.8, 4) is 22.6 Å². The molecule has 0 aliphatic heterocycles. The molecule has 21 heavy (non-hydrogen) atoms. The zero-order valence-electron chi connectivity index (χ0n) is 11.5. The first-order valence-corrected chi connectivity index (χ1v) is 6.06. The van der Waals surface area contributed by atoms with Crippen molar-refractivity contribution < 1.29 is 19.2 Å². The maximum absolute atomic E-state index is 11.3. The van der Waals surface area contributed by atoms with Gasteiger partial charge in [0.15, 0.2) is 17.8 Å². The molecule has 2 aromatic carbocycles. The van der Waals surface area contributed by atoms with Gasteiger partial charge in [-0.1, -0.05) is 12.1 Å². The number of nitro benzene ring substituents is 1. The smallest absolute Gasteiger partial charge is 0.270 e. The molecule has 6 heteroatoms. The van der Waals surface area contributed by atoms with Crippen LogP contribution in [0.1, 0.15) is 10.4 Å². The summed E-state index contributed by atoms with van der Waals surface area (Å²) in [5.41, 5.74) is 1.44. The number of ether oxygens (including phenoxy) is 2. The summed E-state index contributed by atoms with van der Waals surface area (Å²) in [5, 5.41) is 10.9. The predicted molar refractivity (Wildman–Crippen MR) is 77.0 cm³/mol. The van der Waals surface area contributed by atoms with Crippen molar-refractivity contribution in [1.29, 1.82) is 0 Å². The van der Waals surface area contributed by atoms with Gasteiger partial charge in [-0.15, -0.1) is 0 Å². The normalized spacial score (nSPS) is 10.0. The second-order valence-electron chi connectivity index (χ2n) is 4.22. The molecule has 0 spiro atoms.